The second-order valence-corrected chi connectivity index (χ2v) is 8.54. The third-order valence-corrected chi connectivity index (χ3v) is 5.81. The number of carbonyl (C=O) groups is 1. The molecule has 0 spiro atoms. The van der Waals surface area contributed by atoms with Gasteiger partial charge in [-0.15, -0.1) is 0 Å². The molecule has 0 bridgehead atoms. The highest BCUT2D eigenvalue weighted by molar-refractivity contribution is 6.00. The van der Waals surface area contributed by atoms with Gasteiger partial charge in [0.25, 0.3) is 0 Å². The number of nitrogens with zero attached hydrogens (tertiary/aromatic N) is 3. The number of benzene rings is 2. The maximum absolute atomic E-state index is 14.5. The lowest BCUT2D eigenvalue weighted by Gasteiger charge is -2.29. The number of hydrogen-bond acceptors (Lipinski definition) is 6. The van der Waals surface area contributed by atoms with Crippen molar-refractivity contribution in [1.29, 1.82) is 0 Å². The molecule has 3 heterocycles. The van der Waals surface area contributed by atoms with Crippen molar-refractivity contribution in [3.8, 4) is 22.9 Å². The maximum Gasteiger partial charge on any atom is 0.416 e. The fraction of sp³-hybridized carbons (Fsp3) is 0.192. The zero-order valence-electron chi connectivity index (χ0n) is 20.3. The molecule has 5 rings (SSSR count). The van der Waals surface area contributed by atoms with Crippen molar-refractivity contribution < 1.29 is 31.8 Å². The molecule has 2 amide bonds. The number of rotatable bonds is 6. The number of carbonyl (C=O) groups excluding carboxylic acids is 1. The van der Waals surface area contributed by atoms with Crippen molar-refractivity contribution in [1.82, 2.24) is 15.2 Å². The Morgan fingerprint density at radius 1 is 1.05 bits per heavy atom. The first kappa shape index (κ1) is 26.0. The lowest BCUT2D eigenvalue weighted by atomic mass is 10.1. The number of anilines is 3. The maximum atomic E-state index is 14.5. The Morgan fingerprint density at radius 2 is 1.87 bits per heavy atom. The predicted octanol–water partition coefficient (Wildman–Crippen LogP) is 5.90. The summed E-state index contributed by atoms with van der Waals surface area (Å²) in [5, 5.41) is 11.3. The molecule has 0 radical (unpaired) electrons. The summed E-state index contributed by atoms with van der Waals surface area (Å²) < 4.78 is 66.1. The minimum atomic E-state index is -4.63. The number of morpholine rings is 1. The highest BCUT2D eigenvalue weighted by atomic mass is 19.4. The van der Waals surface area contributed by atoms with Gasteiger partial charge in [-0.2, -0.15) is 18.3 Å². The van der Waals surface area contributed by atoms with Crippen LogP contribution >= 0.6 is 0 Å². The lowest BCUT2D eigenvalue weighted by molar-refractivity contribution is -0.137. The number of urea groups is 1. The quantitative estimate of drug-likeness (QED) is 0.262. The number of aromatic nitrogens is 3. The molecule has 3 N–H and O–H groups in total. The summed E-state index contributed by atoms with van der Waals surface area (Å²) >= 11 is 0. The molecule has 4 aromatic rings. The standard InChI is InChI=1S/C26H22F4N6O3/c27-21-5-4-20(39-24-3-1-2-22(34-24)16-14-31-32-15-16)13-23(21)35-25(37)33-18-10-17(26(28,29)30)11-19(12-18)36-6-8-38-9-7-36/h1-5,10-15H,6-9H2,(H,31,32)(H2,33,35,37). The minimum Gasteiger partial charge on any atom is -0.439 e. The fourth-order valence-corrected chi connectivity index (χ4v) is 3.94. The van der Waals surface area contributed by atoms with Crippen LogP contribution < -0.4 is 20.3 Å². The molecule has 1 saturated heterocycles. The number of aromatic amines is 1. The van der Waals surface area contributed by atoms with E-state index in [0.29, 0.717) is 32.0 Å². The Hall–Kier alpha value is -4.65. The molecule has 0 unspecified atom stereocenters. The van der Waals surface area contributed by atoms with E-state index in [2.05, 4.69) is 25.8 Å². The molecule has 202 valence electrons. The van der Waals surface area contributed by atoms with Gasteiger partial charge in [-0.1, -0.05) is 6.07 Å². The molecular formula is C26H22F4N6O3. The third kappa shape index (κ3) is 6.44. The van der Waals surface area contributed by atoms with Crippen LogP contribution in [0.5, 0.6) is 11.6 Å². The normalized spacial score (nSPS) is 13.7. The van der Waals surface area contributed by atoms with Crippen LogP contribution in [0.3, 0.4) is 0 Å². The van der Waals surface area contributed by atoms with Gasteiger partial charge in [-0.05, 0) is 36.4 Å². The van der Waals surface area contributed by atoms with Crippen LogP contribution in [-0.4, -0.2) is 47.5 Å². The van der Waals surface area contributed by atoms with Gasteiger partial charge >= 0.3 is 12.2 Å². The highest BCUT2D eigenvalue weighted by Gasteiger charge is 2.32. The molecule has 2 aromatic heterocycles. The SMILES string of the molecule is O=C(Nc1cc(N2CCOCC2)cc(C(F)(F)F)c1)Nc1cc(Oc2cccc(-c3cn[nH]c3)n2)ccc1F. The van der Waals surface area contributed by atoms with Crippen molar-refractivity contribution >= 4 is 23.1 Å². The van der Waals surface area contributed by atoms with Gasteiger partial charge in [-0.25, -0.2) is 14.2 Å². The van der Waals surface area contributed by atoms with Crippen molar-refractivity contribution in [2.45, 2.75) is 6.18 Å². The molecule has 1 aliphatic rings. The lowest BCUT2D eigenvalue weighted by Crippen LogP contribution is -2.36. The second-order valence-electron chi connectivity index (χ2n) is 8.54. The number of hydrogen-bond donors (Lipinski definition) is 3. The summed E-state index contributed by atoms with van der Waals surface area (Å²) in [6.45, 7) is 1.57. The molecule has 13 heteroatoms. The van der Waals surface area contributed by atoms with E-state index in [1.54, 1.807) is 35.5 Å². The molecule has 39 heavy (non-hydrogen) atoms. The molecule has 0 saturated carbocycles. The zero-order valence-corrected chi connectivity index (χ0v) is 20.3. The van der Waals surface area contributed by atoms with Gasteiger partial charge in [0.15, 0.2) is 0 Å². The topological polar surface area (TPSA) is 104 Å². The van der Waals surface area contributed by atoms with Gasteiger partial charge < -0.3 is 25.0 Å². The predicted molar refractivity (Wildman–Crippen MR) is 135 cm³/mol. The first-order valence-electron chi connectivity index (χ1n) is 11.8. The van der Waals surface area contributed by atoms with Crippen molar-refractivity contribution in [3.63, 3.8) is 0 Å². The Kier molecular flexibility index (Phi) is 7.32. The van der Waals surface area contributed by atoms with E-state index in [0.717, 1.165) is 23.8 Å². The van der Waals surface area contributed by atoms with E-state index in [-0.39, 0.29) is 28.7 Å². The van der Waals surface area contributed by atoms with E-state index in [1.807, 2.05) is 0 Å². The van der Waals surface area contributed by atoms with Gasteiger partial charge in [-0.3, -0.25) is 5.10 Å². The van der Waals surface area contributed by atoms with E-state index in [1.165, 1.54) is 18.2 Å². The van der Waals surface area contributed by atoms with Gasteiger partial charge in [0.2, 0.25) is 5.88 Å². The Bertz CT molecular complexity index is 1460. The number of halogens is 4. The number of amides is 2. The molecule has 9 nitrogen and oxygen atoms in total. The average molecular weight is 542 g/mol. The Labute approximate surface area is 219 Å². The van der Waals surface area contributed by atoms with Crippen molar-refractivity contribution in [2.24, 2.45) is 0 Å². The van der Waals surface area contributed by atoms with Gasteiger partial charge in [0, 0.05) is 48.4 Å². The molecule has 0 aliphatic carbocycles. The third-order valence-electron chi connectivity index (χ3n) is 5.81. The van der Waals surface area contributed by atoms with Crippen LogP contribution in [0.15, 0.2) is 67.0 Å². The summed E-state index contributed by atoms with van der Waals surface area (Å²) in [6.07, 6.45) is -1.37. The Balaban J connectivity index is 1.31. The summed E-state index contributed by atoms with van der Waals surface area (Å²) in [7, 11) is 0. The summed E-state index contributed by atoms with van der Waals surface area (Å²) in [5.74, 6) is -0.372. The van der Waals surface area contributed by atoms with E-state index in [9.17, 15) is 22.4 Å². The van der Waals surface area contributed by atoms with Gasteiger partial charge in [0.05, 0.1) is 36.4 Å². The monoisotopic (exact) mass is 542 g/mol. The largest absolute Gasteiger partial charge is 0.439 e. The number of H-pyrrole nitrogens is 1. The number of nitrogens with one attached hydrogen (secondary N) is 3. The van der Waals surface area contributed by atoms with Crippen LogP contribution in [0.2, 0.25) is 0 Å². The molecule has 1 fully saturated rings. The number of ether oxygens (including phenoxy) is 2. The van der Waals surface area contributed by atoms with Crippen LogP contribution in [0.1, 0.15) is 5.56 Å². The minimum absolute atomic E-state index is 0.100. The molecule has 2 aromatic carbocycles. The average Bonchev–Trinajstić information content (AvgIpc) is 3.46. The first-order valence-corrected chi connectivity index (χ1v) is 11.8. The van der Waals surface area contributed by atoms with Crippen LogP contribution in [0.25, 0.3) is 11.3 Å². The van der Waals surface area contributed by atoms with Crippen LogP contribution in [0.4, 0.5) is 39.4 Å². The summed E-state index contributed by atoms with van der Waals surface area (Å²) in [5.41, 5.74) is 0.362. The summed E-state index contributed by atoms with van der Waals surface area (Å²) in [4.78, 5) is 18.8. The number of alkyl halides is 3. The van der Waals surface area contributed by atoms with Crippen LogP contribution in [-0.2, 0) is 10.9 Å². The highest BCUT2D eigenvalue weighted by Crippen LogP contribution is 2.35. The Morgan fingerprint density at radius 3 is 2.62 bits per heavy atom. The number of pyridine rings is 1. The van der Waals surface area contributed by atoms with Crippen LogP contribution in [0, 0.1) is 5.82 Å². The molecule has 0 atom stereocenters. The van der Waals surface area contributed by atoms with Crippen molar-refractivity contribution in [3.05, 3.63) is 78.4 Å². The molecular weight excluding hydrogens is 520 g/mol. The fourth-order valence-electron chi connectivity index (χ4n) is 3.94. The smallest absolute Gasteiger partial charge is 0.416 e. The van der Waals surface area contributed by atoms with Crippen molar-refractivity contribution in [2.75, 3.05) is 41.8 Å². The summed E-state index contributed by atoms with van der Waals surface area (Å²) in [6, 6.07) is 11.1. The zero-order chi connectivity index (χ0) is 27.4. The van der Waals surface area contributed by atoms with E-state index < -0.39 is 23.6 Å². The van der Waals surface area contributed by atoms with Gasteiger partial charge in [0.1, 0.15) is 11.6 Å². The van der Waals surface area contributed by atoms with E-state index >= 15 is 0 Å². The second kappa shape index (κ2) is 11.0. The van der Waals surface area contributed by atoms with E-state index in [4.69, 9.17) is 9.47 Å². The first-order chi connectivity index (χ1) is 18.7. The molecule has 1 aliphatic heterocycles.